The number of nitrogens with one attached hydrogen (secondary N) is 1. The molecule has 7 nitrogen and oxygen atoms in total. The second-order valence-corrected chi connectivity index (χ2v) is 6.93. The van der Waals surface area contributed by atoms with Crippen molar-refractivity contribution in [3.05, 3.63) is 54.1 Å². The molecule has 2 aromatic heterocycles. The lowest BCUT2D eigenvalue weighted by Crippen LogP contribution is -2.46. The molecule has 1 fully saturated rings. The molecule has 0 unspecified atom stereocenters. The Kier molecular flexibility index (Phi) is 3.94. The summed E-state index contributed by atoms with van der Waals surface area (Å²) < 4.78 is 0. The second-order valence-electron chi connectivity index (χ2n) is 6.93. The fourth-order valence-electron chi connectivity index (χ4n) is 3.84. The standard InChI is InChI=1S/C20H20N6O/c27-17-12-22-20-19-15(17)2-1-3-16(19)23-18(24-20)13-25-8-10-26(11-9-25)14-4-6-21-7-5-14/h1-7H,8-13H2,(H,22,23,24). The van der Waals surface area contributed by atoms with E-state index < -0.39 is 0 Å². The van der Waals surface area contributed by atoms with Crippen molar-refractivity contribution in [3.63, 3.8) is 0 Å². The highest BCUT2D eigenvalue weighted by molar-refractivity contribution is 6.15. The lowest BCUT2D eigenvalue weighted by molar-refractivity contribution is 0.101. The molecule has 136 valence electrons. The number of piperazine rings is 1. The summed E-state index contributed by atoms with van der Waals surface area (Å²) in [5.41, 5.74) is 2.78. The van der Waals surface area contributed by atoms with Crippen molar-refractivity contribution in [2.75, 3.05) is 42.9 Å². The molecule has 2 aliphatic rings. The third kappa shape index (κ3) is 3.00. The zero-order chi connectivity index (χ0) is 18.2. The predicted octanol–water partition coefficient (Wildman–Crippen LogP) is 1.96. The van der Waals surface area contributed by atoms with E-state index in [9.17, 15) is 4.79 Å². The van der Waals surface area contributed by atoms with E-state index in [1.165, 1.54) is 5.69 Å². The fourth-order valence-corrected chi connectivity index (χ4v) is 3.84. The fraction of sp³-hybridized carbons (Fsp3) is 0.300. The molecular weight excluding hydrogens is 340 g/mol. The number of Topliss-reactive ketones (excluding diaryl/α,β-unsaturated/α-hetero) is 1. The quantitative estimate of drug-likeness (QED) is 0.765. The van der Waals surface area contributed by atoms with Crippen LogP contribution in [0.1, 0.15) is 16.2 Å². The maximum Gasteiger partial charge on any atom is 0.182 e. The van der Waals surface area contributed by atoms with Gasteiger partial charge in [-0.2, -0.15) is 0 Å². The molecule has 4 heterocycles. The number of pyridine rings is 1. The van der Waals surface area contributed by atoms with Crippen molar-refractivity contribution in [2.24, 2.45) is 0 Å². The van der Waals surface area contributed by atoms with Gasteiger partial charge in [0.2, 0.25) is 0 Å². The minimum Gasteiger partial charge on any atom is -0.369 e. The molecule has 2 aliphatic heterocycles. The molecule has 0 spiro atoms. The zero-order valence-corrected chi connectivity index (χ0v) is 14.9. The van der Waals surface area contributed by atoms with Crippen molar-refractivity contribution in [2.45, 2.75) is 6.54 Å². The van der Waals surface area contributed by atoms with E-state index in [0.717, 1.165) is 54.3 Å². The van der Waals surface area contributed by atoms with E-state index in [0.29, 0.717) is 13.1 Å². The molecule has 0 radical (unpaired) electrons. The van der Waals surface area contributed by atoms with E-state index in [1.807, 2.05) is 30.6 Å². The minimum atomic E-state index is 0.0942. The Hall–Kier alpha value is -3.06. The number of rotatable bonds is 3. The largest absolute Gasteiger partial charge is 0.369 e. The van der Waals surface area contributed by atoms with E-state index in [4.69, 9.17) is 9.97 Å². The first-order valence-corrected chi connectivity index (χ1v) is 9.22. The average Bonchev–Trinajstić information content (AvgIpc) is 2.72. The highest BCUT2D eigenvalue weighted by atomic mass is 16.1. The second kappa shape index (κ2) is 6.59. The van der Waals surface area contributed by atoms with Gasteiger partial charge in [0.05, 0.1) is 24.0 Å². The van der Waals surface area contributed by atoms with Crippen LogP contribution in [0.3, 0.4) is 0 Å². The molecule has 1 aromatic carbocycles. The van der Waals surface area contributed by atoms with Gasteiger partial charge in [-0.1, -0.05) is 12.1 Å². The van der Waals surface area contributed by atoms with Crippen molar-refractivity contribution in [1.29, 1.82) is 0 Å². The number of ketones is 1. The topological polar surface area (TPSA) is 74.2 Å². The smallest absolute Gasteiger partial charge is 0.182 e. The molecule has 7 heteroatoms. The third-order valence-corrected chi connectivity index (χ3v) is 5.25. The van der Waals surface area contributed by atoms with E-state index in [-0.39, 0.29) is 5.78 Å². The first-order chi connectivity index (χ1) is 13.3. The summed E-state index contributed by atoms with van der Waals surface area (Å²) in [7, 11) is 0. The van der Waals surface area contributed by atoms with Gasteiger partial charge >= 0.3 is 0 Å². The van der Waals surface area contributed by atoms with Crippen LogP contribution in [0.4, 0.5) is 11.5 Å². The number of carbonyl (C=O) groups is 1. The Balaban J connectivity index is 1.34. The number of nitrogens with zero attached hydrogens (tertiary/aromatic N) is 5. The molecule has 27 heavy (non-hydrogen) atoms. The van der Waals surface area contributed by atoms with Crippen molar-refractivity contribution in [1.82, 2.24) is 19.9 Å². The van der Waals surface area contributed by atoms with E-state index in [1.54, 1.807) is 0 Å². The molecule has 0 bridgehead atoms. The van der Waals surface area contributed by atoms with Crippen molar-refractivity contribution >= 4 is 28.2 Å². The van der Waals surface area contributed by atoms with Crippen LogP contribution in [0.15, 0.2) is 42.7 Å². The van der Waals surface area contributed by atoms with Crippen LogP contribution in [0.2, 0.25) is 0 Å². The van der Waals surface area contributed by atoms with Crippen LogP contribution in [0.5, 0.6) is 0 Å². The molecule has 0 aliphatic carbocycles. The normalized spacial score (nSPS) is 17.2. The lowest BCUT2D eigenvalue weighted by Gasteiger charge is -2.35. The number of anilines is 2. The van der Waals surface area contributed by atoms with Crippen molar-refractivity contribution in [3.8, 4) is 0 Å². The maximum absolute atomic E-state index is 12.1. The highest BCUT2D eigenvalue weighted by Gasteiger charge is 2.23. The van der Waals surface area contributed by atoms with Gasteiger partial charge in [-0.15, -0.1) is 0 Å². The average molecular weight is 360 g/mol. The minimum absolute atomic E-state index is 0.0942. The predicted molar refractivity (Wildman–Crippen MR) is 104 cm³/mol. The summed E-state index contributed by atoms with van der Waals surface area (Å²) in [5, 5.41) is 4.00. The molecule has 5 rings (SSSR count). The number of hydrogen-bond donors (Lipinski definition) is 1. The summed E-state index contributed by atoms with van der Waals surface area (Å²) in [6.07, 6.45) is 3.67. The lowest BCUT2D eigenvalue weighted by atomic mass is 10.0. The van der Waals surface area contributed by atoms with Crippen LogP contribution in [-0.4, -0.2) is 58.4 Å². The maximum atomic E-state index is 12.1. The van der Waals surface area contributed by atoms with Gasteiger partial charge in [0.1, 0.15) is 11.6 Å². The molecule has 1 N–H and O–H groups in total. The summed E-state index contributed by atoms with van der Waals surface area (Å²) in [6.45, 7) is 4.89. The number of hydrogen-bond acceptors (Lipinski definition) is 7. The molecule has 3 aromatic rings. The molecular formula is C20H20N6O. The first kappa shape index (κ1) is 16.1. The Labute approximate surface area is 157 Å². The highest BCUT2D eigenvalue weighted by Crippen LogP contribution is 2.28. The van der Waals surface area contributed by atoms with E-state index in [2.05, 4.69) is 32.2 Å². The van der Waals surface area contributed by atoms with Gasteiger partial charge in [-0.05, 0) is 18.2 Å². The van der Waals surface area contributed by atoms with Gasteiger partial charge in [0, 0.05) is 49.8 Å². The van der Waals surface area contributed by atoms with Crippen LogP contribution >= 0.6 is 0 Å². The number of aromatic nitrogens is 3. The summed E-state index contributed by atoms with van der Waals surface area (Å²) >= 11 is 0. The van der Waals surface area contributed by atoms with Gasteiger partial charge in [0.25, 0.3) is 0 Å². The van der Waals surface area contributed by atoms with Gasteiger partial charge in [-0.25, -0.2) is 9.97 Å². The summed E-state index contributed by atoms with van der Waals surface area (Å²) in [5.74, 6) is 1.67. The van der Waals surface area contributed by atoms with Gasteiger partial charge < -0.3 is 10.2 Å². The first-order valence-electron chi connectivity index (χ1n) is 9.22. The Morgan fingerprint density at radius 3 is 2.63 bits per heavy atom. The number of benzene rings is 1. The van der Waals surface area contributed by atoms with Crippen LogP contribution in [-0.2, 0) is 6.54 Å². The van der Waals surface area contributed by atoms with Gasteiger partial charge in [0.15, 0.2) is 5.78 Å². The van der Waals surface area contributed by atoms with Crippen molar-refractivity contribution < 1.29 is 4.79 Å². The molecule has 0 amide bonds. The van der Waals surface area contributed by atoms with Gasteiger partial charge in [-0.3, -0.25) is 14.7 Å². The Bertz CT molecular complexity index is 998. The Morgan fingerprint density at radius 1 is 1.00 bits per heavy atom. The molecule has 0 saturated carbocycles. The SMILES string of the molecule is O=C1CNc2nc(CN3CCN(c4ccncc4)CC3)nc3cccc1c23. The van der Waals surface area contributed by atoms with E-state index >= 15 is 0 Å². The number of carbonyl (C=O) groups excluding carboxylic acids is 1. The van der Waals surface area contributed by atoms with Crippen LogP contribution in [0, 0.1) is 0 Å². The Morgan fingerprint density at radius 2 is 1.81 bits per heavy atom. The third-order valence-electron chi connectivity index (χ3n) is 5.25. The monoisotopic (exact) mass is 360 g/mol. The molecule has 0 atom stereocenters. The molecule has 1 saturated heterocycles. The summed E-state index contributed by atoms with van der Waals surface area (Å²) in [6, 6.07) is 9.81. The van der Waals surface area contributed by atoms with Crippen LogP contribution < -0.4 is 10.2 Å². The zero-order valence-electron chi connectivity index (χ0n) is 14.9. The van der Waals surface area contributed by atoms with Crippen LogP contribution in [0.25, 0.3) is 10.9 Å². The summed E-state index contributed by atoms with van der Waals surface area (Å²) in [4.78, 5) is 30.3.